The molecule has 1 aromatic carbocycles. The van der Waals surface area contributed by atoms with Crippen molar-refractivity contribution in [3.05, 3.63) is 30.0 Å². The monoisotopic (exact) mass is 303 g/mol. The Morgan fingerprint density at radius 1 is 1.27 bits per heavy atom. The summed E-state index contributed by atoms with van der Waals surface area (Å²) in [5.74, 6) is 1.53. The third-order valence-corrected chi connectivity index (χ3v) is 3.42. The van der Waals surface area contributed by atoms with Crippen LogP contribution in [0.4, 0.5) is 0 Å². The molecule has 0 spiro atoms. The second-order valence-electron chi connectivity index (χ2n) is 6.04. The Bertz CT molecular complexity index is 646. The maximum Gasteiger partial charge on any atom is 0.162 e. The minimum atomic E-state index is -0.735. The van der Waals surface area contributed by atoms with Gasteiger partial charge in [0.25, 0.3) is 0 Å². The van der Waals surface area contributed by atoms with E-state index >= 15 is 0 Å². The van der Waals surface area contributed by atoms with Gasteiger partial charge in [-0.15, -0.1) is 0 Å². The SMILES string of the molecule is CC(C)(O)CNCc1cn[nH]c1-c1ccc2c(c1)OCCO2. The largest absolute Gasteiger partial charge is 0.486 e. The fraction of sp³-hybridized carbons (Fsp3) is 0.438. The van der Waals surface area contributed by atoms with E-state index in [0.29, 0.717) is 26.3 Å². The van der Waals surface area contributed by atoms with Crippen LogP contribution in [0.5, 0.6) is 11.5 Å². The van der Waals surface area contributed by atoms with Crippen LogP contribution < -0.4 is 14.8 Å². The van der Waals surface area contributed by atoms with Gasteiger partial charge in [0.2, 0.25) is 0 Å². The summed E-state index contributed by atoms with van der Waals surface area (Å²) in [6.45, 7) is 5.85. The van der Waals surface area contributed by atoms with Gasteiger partial charge in [0.05, 0.1) is 17.5 Å². The number of benzene rings is 1. The number of nitrogens with one attached hydrogen (secondary N) is 2. The summed E-state index contributed by atoms with van der Waals surface area (Å²) >= 11 is 0. The number of hydrogen-bond donors (Lipinski definition) is 3. The Labute approximate surface area is 129 Å². The number of H-pyrrole nitrogens is 1. The molecule has 1 aromatic heterocycles. The molecule has 0 bridgehead atoms. The van der Waals surface area contributed by atoms with Gasteiger partial charge in [-0.25, -0.2) is 0 Å². The fourth-order valence-electron chi connectivity index (χ4n) is 2.40. The highest BCUT2D eigenvalue weighted by atomic mass is 16.6. The first-order valence-corrected chi connectivity index (χ1v) is 7.38. The molecule has 0 saturated heterocycles. The normalized spacial score (nSPS) is 14.1. The quantitative estimate of drug-likeness (QED) is 0.783. The summed E-state index contributed by atoms with van der Waals surface area (Å²) in [6, 6.07) is 5.86. The molecule has 0 fully saturated rings. The number of fused-ring (bicyclic) bond motifs is 1. The van der Waals surface area contributed by atoms with Gasteiger partial charge in [0.1, 0.15) is 13.2 Å². The number of aromatic amines is 1. The van der Waals surface area contributed by atoms with E-state index in [-0.39, 0.29) is 0 Å². The van der Waals surface area contributed by atoms with Gasteiger partial charge in [-0.05, 0) is 32.0 Å². The molecule has 1 aliphatic heterocycles. The van der Waals surface area contributed by atoms with E-state index in [9.17, 15) is 5.11 Å². The van der Waals surface area contributed by atoms with Crippen molar-refractivity contribution in [3.63, 3.8) is 0 Å². The predicted molar refractivity (Wildman–Crippen MR) is 83.0 cm³/mol. The number of hydrogen-bond acceptors (Lipinski definition) is 5. The highest BCUT2D eigenvalue weighted by Gasteiger charge is 2.16. The molecule has 1 aliphatic rings. The average molecular weight is 303 g/mol. The minimum Gasteiger partial charge on any atom is -0.486 e. The Morgan fingerprint density at radius 3 is 2.82 bits per heavy atom. The lowest BCUT2D eigenvalue weighted by molar-refractivity contribution is 0.0795. The lowest BCUT2D eigenvalue weighted by Gasteiger charge is -2.19. The Hall–Kier alpha value is -2.05. The Balaban J connectivity index is 1.77. The van der Waals surface area contributed by atoms with E-state index in [1.807, 2.05) is 18.2 Å². The average Bonchev–Trinajstić information content (AvgIpc) is 2.94. The smallest absolute Gasteiger partial charge is 0.162 e. The molecule has 3 rings (SSSR count). The molecule has 0 atom stereocenters. The number of nitrogens with zero attached hydrogens (tertiary/aromatic N) is 1. The lowest BCUT2D eigenvalue weighted by Crippen LogP contribution is -2.34. The molecule has 0 amide bonds. The molecule has 2 heterocycles. The molecular weight excluding hydrogens is 282 g/mol. The maximum absolute atomic E-state index is 9.75. The molecule has 0 unspecified atom stereocenters. The first-order valence-electron chi connectivity index (χ1n) is 7.38. The van der Waals surface area contributed by atoms with Crippen molar-refractivity contribution in [2.24, 2.45) is 0 Å². The zero-order valence-electron chi connectivity index (χ0n) is 12.8. The van der Waals surface area contributed by atoms with Gasteiger partial charge in [0.15, 0.2) is 11.5 Å². The first-order chi connectivity index (χ1) is 10.5. The summed E-state index contributed by atoms with van der Waals surface area (Å²) in [5, 5.41) is 20.1. The van der Waals surface area contributed by atoms with Crippen LogP contribution in [0.1, 0.15) is 19.4 Å². The van der Waals surface area contributed by atoms with Gasteiger partial charge in [-0.1, -0.05) is 0 Å². The highest BCUT2D eigenvalue weighted by Crippen LogP contribution is 2.34. The molecule has 2 aromatic rings. The summed E-state index contributed by atoms with van der Waals surface area (Å²) in [5.41, 5.74) is 2.25. The molecule has 3 N–H and O–H groups in total. The van der Waals surface area contributed by atoms with E-state index in [1.54, 1.807) is 20.0 Å². The van der Waals surface area contributed by atoms with Crippen molar-refractivity contribution in [2.45, 2.75) is 26.0 Å². The minimum absolute atomic E-state index is 0.513. The van der Waals surface area contributed by atoms with Gasteiger partial charge in [-0.3, -0.25) is 5.10 Å². The van der Waals surface area contributed by atoms with Crippen LogP contribution >= 0.6 is 0 Å². The van der Waals surface area contributed by atoms with E-state index in [2.05, 4.69) is 15.5 Å². The van der Waals surface area contributed by atoms with E-state index < -0.39 is 5.60 Å². The standard InChI is InChI=1S/C16H21N3O3/c1-16(2,20)10-17-8-12-9-18-19-15(12)11-3-4-13-14(7-11)22-6-5-21-13/h3-4,7,9,17,20H,5-6,8,10H2,1-2H3,(H,18,19). The predicted octanol–water partition coefficient (Wildman–Crippen LogP) is 1.71. The van der Waals surface area contributed by atoms with Crippen LogP contribution in [-0.2, 0) is 6.54 Å². The summed E-state index contributed by atoms with van der Waals surface area (Å²) in [4.78, 5) is 0. The molecule has 22 heavy (non-hydrogen) atoms. The lowest BCUT2D eigenvalue weighted by atomic mass is 10.1. The third-order valence-electron chi connectivity index (χ3n) is 3.42. The van der Waals surface area contributed by atoms with Gasteiger partial charge in [-0.2, -0.15) is 5.10 Å². The zero-order chi connectivity index (χ0) is 15.6. The van der Waals surface area contributed by atoms with Gasteiger partial charge in [0, 0.05) is 24.2 Å². The van der Waals surface area contributed by atoms with Crippen molar-refractivity contribution in [1.82, 2.24) is 15.5 Å². The molecule has 6 nitrogen and oxygen atoms in total. The van der Waals surface area contributed by atoms with Crippen LogP contribution in [0, 0.1) is 0 Å². The number of aromatic nitrogens is 2. The van der Waals surface area contributed by atoms with Crippen LogP contribution in [0.25, 0.3) is 11.3 Å². The summed E-state index contributed by atoms with van der Waals surface area (Å²) < 4.78 is 11.2. The van der Waals surface area contributed by atoms with Gasteiger partial charge < -0.3 is 19.9 Å². The second kappa shape index (κ2) is 5.98. The van der Waals surface area contributed by atoms with Crippen molar-refractivity contribution in [1.29, 1.82) is 0 Å². The molecular formula is C16H21N3O3. The number of ether oxygens (including phenoxy) is 2. The zero-order valence-corrected chi connectivity index (χ0v) is 12.8. The highest BCUT2D eigenvalue weighted by molar-refractivity contribution is 5.66. The first kappa shape index (κ1) is 14.9. The van der Waals surface area contributed by atoms with Crippen LogP contribution in [-0.4, -0.2) is 40.7 Å². The van der Waals surface area contributed by atoms with Gasteiger partial charge >= 0.3 is 0 Å². The fourth-order valence-corrected chi connectivity index (χ4v) is 2.40. The molecule has 0 aliphatic carbocycles. The third kappa shape index (κ3) is 3.40. The van der Waals surface area contributed by atoms with E-state index in [4.69, 9.17) is 9.47 Å². The summed E-state index contributed by atoms with van der Waals surface area (Å²) in [6.07, 6.45) is 1.80. The number of aliphatic hydroxyl groups is 1. The molecule has 0 saturated carbocycles. The van der Waals surface area contributed by atoms with Crippen molar-refractivity contribution >= 4 is 0 Å². The van der Waals surface area contributed by atoms with E-state index in [0.717, 1.165) is 28.3 Å². The van der Waals surface area contributed by atoms with E-state index in [1.165, 1.54) is 0 Å². The Kier molecular flexibility index (Phi) is 4.04. The van der Waals surface area contributed by atoms with Crippen LogP contribution in [0.3, 0.4) is 0 Å². The van der Waals surface area contributed by atoms with Crippen molar-refractivity contribution in [2.75, 3.05) is 19.8 Å². The Morgan fingerprint density at radius 2 is 2.05 bits per heavy atom. The topological polar surface area (TPSA) is 79.4 Å². The van der Waals surface area contributed by atoms with Crippen molar-refractivity contribution < 1.29 is 14.6 Å². The summed E-state index contributed by atoms with van der Waals surface area (Å²) in [7, 11) is 0. The maximum atomic E-state index is 9.75. The van der Waals surface area contributed by atoms with Crippen molar-refractivity contribution in [3.8, 4) is 22.8 Å². The molecule has 6 heteroatoms. The number of rotatable bonds is 5. The molecule has 118 valence electrons. The second-order valence-corrected chi connectivity index (χ2v) is 6.04. The molecule has 0 radical (unpaired) electrons. The van der Waals surface area contributed by atoms with Crippen LogP contribution in [0.2, 0.25) is 0 Å². The van der Waals surface area contributed by atoms with Crippen LogP contribution in [0.15, 0.2) is 24.4 Å².